The zero-order valence-electron chi connectivity index (χ0n) is 15.8. The molecule has 1 fully saturated rings. The van der Waals surface area contributed by atoms with Crippen molar-refractivity contribution in [3.63, 3.8) is 0 Å². The molecule has 1 aliphatic rings. The normalized spacial score (nSPS) is 14.9. The van der Waals surface area contributed by atoms with Crippen LogP contribution in [0.4, 0.5) is 10.6 Å². The van der Waals surface area contributed by atoms with Crippen LogP contribution in [-0.2, 0) is 4.74 Å². The number of carbonyl (C=O) groups excluding carboxylic acids is 1. The SMILES string of the molecule is C#CCSc1nc(N2CCN(C(=O)OC(C)(C)C)CC2)c2ccncc2n1. The molecule has 1 amide bonds. The molecule has 0 aromatic carbocycles. The summed E-state index contributed by atoms with van der Waals surface area (Å²) in [5.74, 6) is 3.96. The van der Waals surface area contributed by atoms with Crippen LogP contribution in [0.2, 0.25) is 0 Å². The molecule has 0 atom stereocenters. The molecule has 0 unspecified atom stereocenters. The number of pyridine rings is 1. The molecule has 0 bridgehead atoms. The largest absolute Gasteiger partial charge is 0.444 e. The Morgan fingerprint density at radius 1 is 1.30 bits per heavy atom. The molecule has 27 heavy (non-hydrogen) atoms. The summed E-state index contributed by atoms with van der Waals surface area (Å²) < 4.78 is 5.46. The van der Waals surface area contributed by atoms with Gasteiger partial charge < -0.3 is 14.5 Å². The molecule has 0 saturated carbocycles. The van der Waals surface area contributed by atoms with Crippen LogP contribution in [-0.4, -0.2) is 63.5 Å². The molecular formula is C19H23N5O2S. The van der Waals surface area contributed by atoms with Crippen molar-refractivity contribution in [3.05, 3.63) is 18.5 Å². The zero-order valence-corrected chi connectivity index (χ0v) is 16.6. The molecule has 0 spiro atoms. The number of hydrogen-bond acceptors (Lipinski definition) is 7. The van der Waals surface area contributed by atoms with Crippen LogP contribution >= 0.6 is 11.8 Å². The van der Waals surface area contributed by atoms with Gasteiger partial charge in [-0.2, -0.15) is 0 Å². The first-order chi connectivity index (χ1) is 12.9. The van der Waals surface area contributed by atoms with E-state index in [9.17, 15) is 4.79 Å². The second-order valence-electron chi connectivity index (χ2n) is 7.17. The van der Waals surface area contributed by atoms with Gasteiger partial charge in [0.1, 0.15) is 11.4 Å². The number of thioether (sulfide) groups is 1. The highest BCUT2D eigenvalue weighted by Crippen LogP contribution is 2.27. The molecule has 1 saturated heterocycles. The van der Waals surface area contributed by atoms with Crippen molar-refractivity contribution in [1.82, 2.24) is 19.9 Å². The van der Waals surface area contributed by atoms with E-state index in [2.05, 4.69) is 20.8 Å². The van der Waals surface area contributed by atoms with E-state index in [1.54, 1.807) is 17.3 Å². The predicted molar refractivity (Wildman–Crippen MR) is 107 cm³/mol. The third-order valence-electron chi connectivity index (χ3n) is 3.97. The van der Waals surface area contributed by atoms with Crippen molar-refractivity contribution in [3.8, 4) is 12.3 Å². The first-order valence-electron chi connectivity index (χ1n) is 8.78. The lowest BCUT2D eigenvalue weighted by Gasteiger charge is -2.36. The topological polar surface area (TPSA) is 71.5 Å². The van der Waals surface area contributed by atoms with Crippen LogP contribution in [0.5, 0.6) is 0 Å². The van der Waals surface area contributed by atoms with E-state index in [0.29, 0.717) is 37.1 Å². The summed E-state index contributed by atoms with van der Waals surface area (Å²) >= 11 is 1.43. The maximum absolute atomic E-state index is 12.3. The van der Waals surface area contributed by atoms with Gasteiger partial charge in [-0.3, -0.25) is 4.98 Å². The smallest absolute Gasteiger partial charge is 0.410 e. The monoisotopic (exact) mass is 385 g/mol. The van der Waals surface area contributed by atoms with Crippen molar-refractivity contribution in [2.75, 3.05) is 36.8 Å². The average molecular weight is 385 g/mol. The first-order valence-corrected chi connectivity index (χ1v) is 9.77. The minimum absolute atomic E-state index is 0.274. The van der Waals surface area contributed by atoms with Crippen LogP contribution in [0, 0.1) is 12.3 Å². The van der Waals surface area contributed by atoms with E-state index in [4.69, 9.17) is 16.1 Å². The quantitative estimate of drug-likeness (QED) is 0.457. The molecule has 142 valence electrons. The molecular weight excluding hydrogens is 362 g/mol. The summed E-state index contributed by atoms with van der Waals surface area (Å²) in [7, 11) is 0. The van der Waals surface area contributed by atoms with Crippen molar-refractivity contribution in [2.45, 2.75) is 31.5 Å². The molecule has 7 nitrogen and oxygen atoms in total. The third kappa shape index (κ3) is 4.80. The maximum atomic E-state index is 12.3. The lowest BCUT2D eigenvalue weighted by Crippen LogP contribution is -2.50. The van der Waals surface area contributed by atoms with Gasteiger partial charge in [-0.05, 0) is 26.8 Å². The van der Waals surface area contributed by atoms with Gasteiger partial charge in [0.15, 0.2) is 5.16 Å². The second-order valence-corrected chi connectivity index (χ2v) is 8.11. The number of rotatable bonds is 3. The van der Waals surface area contributed by atoms with Crippen LogP contribution in [0.1, 0.15) is 20.8 Å². The summed E-state index contributed by atoms with van der Waals surface area (Å²) in [6.07, 6.45) is 8.55. The van der Waals surface area contributed by atoms with E-state index in [-0.39, 0.29) is 6.09 Å². The number of amides is 1. The summed E-state index contributed by atoms with van der Waals surface area (Å²) in [5.41, 5.74) is 0.296. The predicted octanol–water partition coefficient (Wildman–Crippen LogP) is 2.81. The van der Waals surface area contributed by atoms with E-state index >= 15 is 0 Å². The van der Waals surface area contributed by atoms with Gasteiger partial charge in [0.2, 0.25) is 0 Å². The average Bonchev–Trinajstić information content (AvgIpc) is 2.64. The summed E-state index contributed by atoms with van der Waals surface area (Å²) in [6, 6.07) is 1.92. The van der Waals surface area contributed by atoms with Crippen molar-refractivity contribution in [1.29, 1.82) is 0 Å². The fraction of sp³-hybridized carbons (Fsp3) is 0.474. The standard InChI is InChI=1S/C19H23N5O2S/c1-5-12-27-17-21-15-13-20-7-6-14(15)16(22-17)23-8-10-24(11-9-23)18(25)26-19(2,3)4/h1,6-7,13H,8-12H2,2-4H3. The maximum Gasteiger partial charge on any atom is 0.410 e. The Labute approximate surface area is 163 Å². The van der Waals surface area contributed by atoms with Gasteiger partial charge in [-0.15, -0.1) is 6.42 Å². The van der Waals surface area contributed by atoms with Crippen molar-refractivity contribution >= 4 is 34.6 Å². The number of hydrogen-bond donors (Lipinski definition) is 0. The van der Waals surface area contributed by atoms with E-state index in [1.807, 2.05) is 26.8 Å². The lowest BCUT2D eigenvalue weighted by molar-refractivity contribution is 0.0240. The van der Waals surface area contributed by atoms with E-state index < -0.39 is 5.60 Å². The fourth-order valence-corrected chi connectivity index (χ4v) is 3.31. The molecule has 2 aromatic rings. The highest BCUT2D eigenvalue weighted by Gasteiger charge is 2.27. The number of ether oxygens (including phenoxy) is 1. The molecule has 3 rings (SSSR count). The molecule has 1 aliphatic heterocycles. The van der Waals surface area contributed by atoms with Crippen molar-refractivity contribution < 1.29 is 9.53 Å². The number of fused-ring (bicyclic) bond motifs is 1. The Balaban J connectivity index is 1.78. The Morgan fingerprint density at radius 2 is 2.04 bits per heavy atom. The molecule has 8 heteroatoms. The number of anilines is 1. The first kappa shape index (κ1) is 19.2. The van der Waals surface area contributed by atoms with Gasteiger partial charge in [-0.25, -0.2) is 14.8 Å². The van der Waals surface area contributed by atoms with E-state index in [1.165, 1.54) is 11.8 Å². The number of aromatic nitrogens is 3. The van der Waals surface area contributed by atoms with Gasteiger partial charge >= 0.3 is 6.09 Å². The summed E-state index contributed by atoms with van der Waals surface area (Å²) in [4.78, 5) is 29.6. The minimum Gasteiger partial charge on any atom is -0.444 e. The number of terminal acetylenes is 1. The Bertz CT molecular complexity index is 867. The fourth-order valence-electron chi connectivity index (χ4n) is 2.78. The number of carbonyl (C=O) groups is 1. The molecule has 0 aliphatic carbocycles. The number of piperazine rings is 1. The highest BCUT2D eigenvalue weighted by molar-refractivity contribution is 7.99. The molecule has 3 heterocycles. The second kappa shape index (κ2) is 8.01. The Morgan fingerprint density at radius 3 is 2.70 bits per heavy atom. The van der Waals surface area contributed by atoms with Gasteiger partial charge in [0.05, 0.1) is 17.5 Å². The Hall–Kier alpha value is -2.53. The van der Waals surface area contributed by atoms with Gasteiger partial charge in [0, 0.05) is 37.8 Å². The van der Waals surface area contributed by atoms with Crippen LogP contribution in [0.25, 0.3) is 10.9 Å². The van der Waals surface area contributed by atoms with E-state index in [0.717, 1.165) is 16.7 Å². The minimum atomic E-state index is -0.493. The van der Waals surface area contributed by atoms with Crippen LogP contribution in [0.15, 0.2) is 23.6 Å². The Kier molecular flexibility index (Phi) is 5.71. The van der Waals surface area contributed by atoms with Gasteiger partial charge in [-0.1, -0.05) is 17.7 Å². The lowest BCUT2D eigenvalue weighted by atomic mass is 10.2. The van der Waals surface area contributed by atoms with Gasteiger partial charge in [0.25, 0.3) is 0 Å². The van der Waals surface area contributed by atoms with Crippen LogP contribution in [0.3, 0.4) is 0 Å². The summed E-state index contributed by atoms with van der Waals surface area (Å²) in [5, 5.41) is 1.58. The molecule has 2 aromatic heterocycles. The zero-order chi connectivity index (χ0) is 19.4. The molecule has 0 N–H and O–H groups in total. The number of nitrogens with zero attached hydrogens (tertiary/aromatic N) is 5. The third-order valence-corrected chi connectivity index (χ3v) is 4.73. The van der Waals surface area contributed by atoms with Crippen LogP contribution < -0.4 is 4.90 Å². The highest BCUT2D eigenvalue weighted by atomic mass is 32.2. The summed E-state index contributed by atoms with van der Waals surface area (Å²) in [6.45, 7) is 8.13. The van der Waals surface area contributed by atoms with Crippen molar-refractivity contribution in [2.24, 2.45) is 0 Å². The molecule has 0 radical (unpaired) electrons.